The molecular weight excluding hydrogens is 315 g/mol. The van der Waals surface area contributed by atoms with E-state index in [4.69, 9.17) is 4.74 Å². The Morgan fingerprint density at radius 3 is 2.94 bits per heavy atom. The lowest BCUT2D eigenvalue weighted by molar-refractivity contribution is 0.0675. The molecule has 0 radical (unpaired) electrons. The summed E-state index contributed by atoms with van der Waals surface area (Å²) in [6, 6.07) is 6.97. The quantitative estimate of drug-likeness (QED) is 0.753. The minimum Gasteiger partial charge on any atom is -0.381 e. The van der Waals surface area contributed by atoms with Gasteiger partial charge in [-0.15, -0.1) is 0 Å². The maximum absolute atomic E-state index is 5.39. The molecule has 0 aliphatic carbocycles. The van der Waals surface area contributed by atoms with Gasteiger partial charge in [0.05, 0.1) is 17.8 Å². The number of aromatic nitrogens is 2. The van der Waals surface area contributed by atoms with Crippen LogP contribution in [0.1, 0.15) is 18.9 Å². The third-order valence-electron chi connectivity index (χ3n) is 3.10. The third kappa shape index (κ3) is 1.84. The van der Waals surface area contributed by atoms with Gasteiger partial charge in [0.25, 0.3) is 0 Å². The van der Waals surface area contributed by atoms with Crippen molar-refractivity contribution in [2.75, 3.05) is 13.2 Å². The van der Waals surface area contributed by atoms with Crippen LogP contribution < -0.4 is 0 Å². The summed E-state index contributed by atoms with van der Waals surface area (Å²) in [7, 11) is 0. The molecule has 0 unspecified atom stereocenters. The van der Waals surface area contributed by atoms with Crippen molar-refractivity contribution in [2.24, 2.45) is 0 Å². The molecule has 2 heterocycles. The molecule has 3 rings (SSSR count). The Balaban J connectivity index is 2.05. The van der Waals surface area contributed by atoms with Gasteiger partial charge in [-0.2, -0.15) is 5.10 Å². The number of hydrogen-bond acceptors (Lipinski definition) is 2. The van der Waals surface area contributed by atoms with Crippen molar-refractivity contribution in [2.45, 2.75) is 18.9 Å². The molecule has 3 nitrogen and oxygen atoms in total. The molecule has 4 heteroatoms. The van der Waals surface area contributed by atoms with E-state index in [-0.39, 0.29) is 0 Å². The van der Waals surface area contributed by atoms with Crippen LogP contribution in [0.3, 0.4) is 0 Å². The van der Waals surface area contributed by atoms with E-state index < -0.39 is 0 Å². The van der Waals surface area contributed by atoms with E-state index in [1.807, 2.05) is 6.20 Å². The van der Waals surface area contributed by atoms with Crippen molar-refractivity contribution in [3.05, 3.63) is 28.0 Å². The van der Waals surface area contributed by atoms with Gasteiger partial charge in [0, 0.05) is 22.2 Å². The van der Waals surface area contributed by atoms with Gasteiger partial charge in [0.1, 0.15) is 0 Å². The fourth-order valence-corrected chi connectivity index (χ4v) is 2.71. The summed E-state index contributed by atoms with van der Waals surface area (Å²) >= 11 is 2.35. The van der Waals surface area contributed by atoms with Crippen LogP contribution in [0.4, 0.5) is 0 Å². The molecule has 0 amide bonds. The molecule has 84 valence electrons. The predicted octanol–water partition coefficient (Wildman–Crippen LogP) is 2.99. The van der Waals surface area contributed by atoms with Gasteiger partial charge in [-0.3, -0.25) is 4.68 Å². The van der Waals surface area contributed by atoms with E-state index >= 15 is 0 Å². The smallest absolute Gasteiger partial charge is 0.0696 e. The van der Waals surface area contributed by atoms with E-state index in [1.54, 1.807) is 0 Å². The van der Waals surface area contributed by atoms with Crippen molar-refractivity contribution in [1.82, 2.24) is 9.78 Å². The van der Waals surface area contributed by atoms with Gasteiger partial charge >= 0.3 is 0 Å². The zero-order chi connectivity index (χ0) is 11.0. The topological polar surface area (TPSA) is 27.1 Å². The van der Waals surface area contributed by atoms with Crippen LogP contribution in [0, 0.1) is 3.57 Å². The first-order chi connectivity index (χ1) is 7.84. The Kier molecular flexibility index (Phi) is 2.85. The lowest BCUT2D eigenvalue weighted by atomic mass is 10.1. The van der Waals surface area contributed by atoms with Gasteiger partial charge in [0.2, 0.25) is 0 Å². The summed E-state index contributed by atoms with van der Waals surface area (Å²) in [6.45, 7) is 1.71. The second kappa shape index (κ2) is 4.33. The fraction of sp³-hybridized carbons (Fsp3) is 0.417. The SMILES string of the molecule is Ic1ccc2cnn(C3CCOCC3)c2c1. The highest BCUT2D eigenvalue weighted by molar-refractivity contribution is 14.1. The number of rotatable bonds is 1. The summed E-state index contributed by atoms with van der Waals surface area (Å²) in [5, 5.41) is 5.75. The van der Waals surface area contributed by atoms with Crippen molar-refractivity contribution < 1.29 is 4.74 Å². The maximum atomic E-state index is 5.39. The molecule has 0 atom stereocenters. The fourth-order valence-electron chi connectivity index (χ4n) is 2.23. The molecule has 16 heavy (non-hydrogen) atoms. The molecule has 0 N–H and O–H groups in total. The molecule has 1 saturated heterocycles. The van der Waals surface area contributed by atoms with Crippen LogP contribution in [-0.4, -0.2) is 23.0 Å². The number of benzene rings is 1. The molecule has 1 aliphatic heterocycles. The second-order valence-corrected chi connectivity index (χ2v) is 5.38. The number of halogens is 1. The van der Waals surface area contributed by atoms with Crippen molar-refractivity contribution in [3.63, 3.8) is 0 Å². The monoisotopic (exact) mass is 328 g/mol. The van der Waals surface area contributed by atoms with E-state index in [0.29, 0.717) is 6.04 Å². The number of fused-ring (bicyclic) bond motifs is 1. The highest BCUT2D eigenvalue weighted by atomic mass is 127. The summed E-state index contributed by atoms with van der Waals surface area (Å²) in [5.41, 5.74) is 1.25. The van der Waals surface area contributed by atoms with Gasteiger partial charge in [-0.05, 0) is 47.6 Å². The van der Waals surface area contributed by atoms with E-state index in [9.17, 15) is 0 Å². The molecule has 1 aromatic carbocycles. The summed E-state index contributed by atoms with van der Waals surface area (Å²) < 4.78 is 8.82. The number of nitrogens with zero attached hydrogens (tertiary/aromatic N) is 2. The Morgan fingerprint density at radius 2 is 2.12 bits per heavy atom. The molecule has 2 aromatic rings. The first-order valence-electron chi connectivity index (χ1n) is 5.55. The molecule has 1 aliphatic rings. The van der Waals surface area contributed by atoms with Gasteiger partial charge < -0.3 is 4.74 Å². The molecule has 0 saturated carbocycles. The predicted molar refractivity (Wildman–Crippen MR) is 71.5 cm³/mol. The Hall–Kier alpha value is -0.620. The third-order valence-corrected chi connectivity index (χ3v) is 3.77. The summed E-state index contributed by atoms with van der Waals surface area (Å²) in [6.07, 6.45) is 4.10. The van der Waals surface area contributed by atoms with Crippen LogP contribution in [-0.2, 0) is 4.74 Å². The zero-order valence-corrected chi connectivity index (χ0v) is 11.1. The minimum absolute atomic E-state index is 0.504. The van der Waals surface area contributed by atoms with Gasteiger partial charge in [-0.25, -0.2) is 0 Å². The largest absolute Gasteiger partial charge is 0.381 e. The highest BCUT2D eigenvalue weighted by Crippen LogP contribution is 2.26. The van der Waals surface area contributed by atoms with E-state index in [1.165, 1.54) is 14.5 Å². The Bertz CT molecular complexity index is 503. The Morgan fingerprint density at radius 1 is 1.31 bits per heavy atom. The van der Waals surface area contributed by atoms with Crippen LogP contribution in [0.25, 0.3) is 10.9 Å². The maximum Gasteiger partial charge on any atom is 0.0696 e. The van der Waals surface area contributed by atoms with Crippen molar-refractivity contribution >= 4 is 33.5 Å². The molecule has 1 aromatic heterocycles. The van der Waals surface area contributed by atoms with Crippen LogP contribution in [0.5, 0.6) is 0 Å². The average molecular weight is 328 g/mol. The molecular formula is C12H13IN2O. The summed E-state index contributed by atoms with van der Waals surface area (Å²) in [5.74, 6) is 0. The lowest BCUT2D eigenvalue weighted by Crippen LogP contribution is -2.20. The van der Waals surface area contributed by atoms with E-state index in [2.05, 4.69) is 50.6 Å². The van der Waals surface area contributed by atoms with Gasteiger partial charge in [0.15, 0.2) is 0 Å². The standard InChI is InChI=1S/C12H13IN2O/c13-10-2-1-9-8-14-15(12(9)7-10)11-3-5-16-6-4-11/h1-2,7-8,11H,3-6H2. The summed E-state index contributed by atoms with van der Waals surface area (Å²) in [4.78, 5) is 0. The van der Waals surface area contributed by atoms with Crippen LogP contribution in [0.15, 0.2) is 24.4 Å². The minimum atomic E-state index is 0.504. The van der Waals surface area contributed by atoms with Crippen LogP contribution in [0.2, 0.25) is 0 Å². The number of hydrogen-bond donors (Lipinski definition) is 0. The number of ether oxygens (including phenoxy) is 1. The van der Waals surface area contributed by atoms with Crippen molar-refractivity contribution in [1.29, 1.82) is 0 Å². The average Bonchev–Trinajstić information content (AvgIpc) is 2.73. The van der Waals surface area contributed by atoms with E-state index in [0.717, 1.165) is 26.1 Å². The molecule has 0 bridgehead atoms. The first kappa shape index (κ1) is 10.5. The molecule has 1 fully saturated rings. The lowest BCUT2D eigenvalue weighted by Gasteiger charge is -2.23. The molecule has 0 spiro atoms. The zero-order valence-electron chi connectivity index (χ0n) is 8.90. The van der Waals surface area contributed by atoms with Gasteiger partial charge in [-0.1, -0.05) is 6.07 Å². The van der Waals surface area contributed by atoms with Crippen molar-refractivity contribution in [3.8, 4) is 0 Å². The highest BCUT2D eigenvalue weighted by Gasteiger charge is 2.18. The first-order valence-corrected chi connectivity index (χ1v) is 6.63. The Labute approximate surface area is 108 Å². The normalized spacial score (nSPS) is 18.1. The van der Waals surface area contributed by atoms with Crippen LogP contribution >= 0.6 is 22.6 Å². The second-order valence-electron chi connectivity index (χ2n) is 4.14.